The number of fused-ring (bicyclic) bond motifs is 1. The molecule has 0 radical (unpaired) electrons. The molecule has 1 amide bonds. The van der Waals surface area contributed by atoms with Gasteiger partial charge in [0, 0.05) is 18.8 Å². The molecule has 1 N–H and O–H groups in total. The Morgan fingerprint density at radius 3 is 2.76 bits per heavy atom. The van der Waals surface area contributed by atoms with E-state index in [0.717, 1.165) is 11.3 Å². The standard InChI is InChI=1S/C16H16F2N4O2S/c1-15(2,3)24-14(23)22-13-21-11-12(25-13)20-10(8-19-11)5-4-9-6-16(17,18)7-9/h8-9H,6-7H2,1-3H3,(H,19,21,22,23). The number of aromatic nitrogens is 3. The molecule has 0 aromatic carbocycles. The lowest BCUT2D eigenvalue weighted by atomic mass is 9.82. The highest BCUT2D eigenvalue weighted by Gasteiger charge is 2.44. The molecule has 1 fully saturated rings. The number of thiazole rings is 1. The minimum Gasteiger partial charge on any atom is -0.444 e. The van der Waals surface area contributed by atoms with Crippen LogP contribution in [0.1, 0.15) is 39.3 Å². The topological polar surface area (TPSA) is 77.0 Å². The average molecular weight is 366 g/mol. The summed E-state index contributed by atoms with van der Waals surface area (Å²) in [6.45, 7) is 5.28. The van der Waals surface area contributed by atoms with Gasteiger partial charge in [-0.25, -0.2) is 23.5 Å². The Labute approximate surface area is 147 Å². The zero-order valence-corrected chi connectivity index (χ0v) is 14.7. The van der Waals surface area contributed by atoms with Crippen molar-refractivity contribution in [3.8, 4) is 11.8 Å². The number of rotatable bonds is 1. The van der Waals surface area contributed by atoms with Gasteiger partial charge in [0.2, 0.25) is 0 Å². The van der Waals surface area contributed by atoms with Crippen molar-refractivity contribution < 1.29 is 18.3 Å². The van der Waals surface area contributed by atoms with Gasteiger partial charge in [-0.3, -0.25) is 5.32 Å². The number of nitrogens with zero attached hydrogens (tertiary/aromatic N) is 3. The third-order valence-electron chi connectivity index (χ3n) is 3.23. The SMILES string of the molecule is CC(C)(C)OC(=O)Nc1nc2ncc(C#CC3CC(F)(F)C3)nc2s1. The zero-order valence-electron chi connectivity index (χ0n) is 13.9. The second-order valence-corrected chi connectivity index (χ2v) is 7.74. The molecule has 1 aliphatic rings. The molecule has 0 unspecified atom stereocenters. The van der Waals surface area contributed by atoms with Crippen molar-refractivity contribution in [1.29, 1.82) is 0 Å². The van der Waals surface area contributed by atoms with E-state index in [4.69, 9.17) is 4.74 Å². The lowest BCUT2D eigenvalue weighted by molar-refractivity contribution is -0.0936. The van der Waals surface area contributed by atoms with Crippen LogP contribution in [-0.4, -0.2) is 32.6 Å². The van der Waals surface area contributed by atoms with Gasteiger partial charge in [-0.1, -0.05) is 17.3 Å². The number of nitrogens with one attached hydrogen (secondary N) is 1. The molecule has 0 saturated heterocycles. The van der Waals surface area contributed by atoms with Crippen molar-refractivity contribution in [3.05, 3.63) is 11.9 Å². The Balaban J connectivity index is 1.69. The van der Waals surface area contributed by atoms with Crippen LogP contribution in [0, 0.1) is 17.8 Å². The maximum Gasteiger partial charge on any atom is 0.413 e. The highest BCUT2D eigenvalue weighted by molar-refractivity contribution is 7.21. The largest absolute Gasteiger partial charge is 0.444 e. The summed E-state index contributed by atoms with van der Waals surface area (Å²) >= 11 is 1.14. The van der Waals surface area contributed by atoms with Crippen molar-refractivity contribution in [3.63, 3.8) is 0 Å². The van der Waals surface area contributed by atoms with E-state index in [1.165, 1.54) is 6.20 Å². The van der Waals surface area contributed by atoms with Crippen molar-refractivity contribution in [2.24, 2.45) is 5.92 Å². The van der Waals surface area contributed by atoms with E-state index in [1.807, 2.05) is 0 Å². The zero-order chi connectivity index (χ0) is 18.2. The molecular weight excluding hydrogens is 350 g/mol. The number of anilines is 1. The molecule has 0 aliphatic heterocycles. The summed E-state index contributed by atoms with van der Waals surface area (Å²) in [5.74, 6) is 2.65. The summed E-state index contributed by atoms with van der Waals surface area (Å²) in [5.41, 5.74) is 0.144. The van der Waals surface area contributed by atoms with E-state index >= 15 is 0 Å². The number of amides is 1. The van der Waals surface area contributed by atoms with Crippen LogP contribution in [0.15, 0.2) is 6.20 Å². The molecule has 6 nitrogen and oxygen atoms in total. The van der Waals surface area contributed by atoms with E-state index in [-0.39, 0.29) is 18.8 Å². The molecule has 0 spiro atoms. The van der Waals surface area contributed by atoms with Gasteiger partial charge in [0.05, 0.1) is 6.20 Å². The second-order valence-electron chi connectivity index (χ2n) is 6.76. The fourth-order valence-electron chi connectivity index (χ4n) is 2.17. The lowest BCUT2D eigenvalue weighted by Crippen LogP contribution is -2.34. The second kappa shape index (κ2) is 6.19. The number of carbonyl (C=O) groups is 1. The van der Waals surface area contributed by atoms with Crippen LogP contribution >= 0.6 is 11.3 Å². The van der Waals surface area contributed by atoms with E-state index in [2.05, 4.69) is 32.1 Å². The quantitative estimate of drug-likeness (QED) is 0.776. The first-order valence-electron chi connectivity index (χ1n) is 7.63. The van der Waals surface area contributed by atoms with Crippen molar-refractivity contribution >= 4 is 33.0 Å². The van der Waals surface area contributed by atoms with Crippen molar-refractivity contribution in [2.75, 3.05) is 5.32 Å². The molecule has 2 heterocycles. The number of hydrogen-bond donors (Lipinski definition) is 1. The third-order valence-corrected chi connectivity index (χ3v) is 4.08. The molecule has 1 aliphatic carbocycles. The number of alkyl halides is 2. The van der Waals surface area contributed by atoms with E-state index < -0.39 is 17.6 Å². The average Bonchev–Trinajstić information content (AvgIpc) is 2.81. The first-order chi connectivity index (χ1) is 11.6. The van der Waals surface area contributed by atoms with Crippen LogP contribution in [0.3, 0.4) is 0 Å². The summed E-state index contributed by atoms with van der Waals surface area (Å²) in [4.78, 5) is 24.8. The van der Waals surface area contributed by atoms with Gasteiger partial charge in [-0.05, 0) is 26.7 Å². The van der Waals surface area contributed by atoms with E-state index in [1.54, 1.807) is 20.8 Å². The predicted octanol–water partition coefficient (Wildman–Crippen LogP) is 3.83. The number of carbonyl (C=O) groups excluding carboxylic acids is 1. The number of halogens is 2. The number of hydrogen-bond acceptors (Lipinski definition) is 6. The molecule has 132 valence electrons. The van der Waals surface area contributed by atoms with Crippen molar-refractivity contribution in [2.45, 2.75) is 45.1 Å². The third kappa shape index (κ3) is 4.60. The molecule has 2 aromatic rings. The minimum atomic E-state index is -2.59. The van der Waals surface area contributed by atoms with Gasteiger partial charge in [0.15, 0.2) is 15.6 Å². The molecule has 9 heteroatoms. The summed E-state index contributed by atoms with van der Waals surface area (Å²) in [7, 11) is 0. The molecule has 25 heavy (non-hydrogen) atoms. The highest BCUT2D eigenvalue weighted by Crippen LogP contribution is 2.41. The Bertz CT molecular complexity index is 872. The molecule has 1 saturated carbocycles. The summed E-state index contributed by atoms with van der Waals surface area (Å²) in [5, 5.41) is 2.84. The van der Waals surface area contributed by atoms with E-state index in [9.17, 15) is 13.6 Å². The summed E-state index contributed by atoms with van der Waals surface area (Å²) < 4.78 is 30.7. The van der Waals surface area contributed by atoms with Crippen LogP contribution in [0.4, 0.5) is 18.7 Å². The van der Waals surface area contributed by atoms with Crippen LogP contribution in [0.25, 0.3) is 10.5 Å². The highest BCUT2D eigenvalue weighted by atomic mass is 32.1. The van der Waals surface area contributed by atoms with Gasteiger partial charge < -0.3 is 4.74 Å². The van der Waals surface area contributed by atoms with Gasteiger partial charge in [-0.15, -0.1) is 0 Å². The Morgan fingerprint density at radius 2 is 2.12 bits per heavy atom. The fourth-order valence-corrected chi connectivity index (χ4v) is 2.95. The van der Waals surface area contributed by atoms with Crippen LogP contribution in [0.2, 0.25) is 0 Å². The van der Waals surface area contributed by atoms with Gasteiger partial charge in [0.25, 0.3) is 5.92 Å². The Kier molecular flexibility index (Phi) is 4.33. The first kappa shape index (κ1) is 17.5. The predicted molar refractivity (Wildman–Crippen MR) is 89.6 cm³/mol. The van der Waals surface area contributed by atoms with Crippen LogP contribution < -0.4 is 5.32 Å². The molecule has 0 bridgehead atoms. The Morgan fingerprint density at radius 1 is 1.40 bits per heavy atom. The monoisotopic (exact) mass is 366 g/mol. The smallest absolute Gasteiger partial charge is 0.413 e. The fraction of sp³-hybridized carbons (Fsp3) is 0.500. The molecule has 2 aromatic heterocycles. The van der Waals surface area contributed by atoms with Gasteiger partial charge >= 0.3 is 6.09 Å². The molecular formula is C16H16F2N4O2S. The van der Waals surface area contributed by atoms with Gasteiger partial charge in [0.1, 0.15) is 11.3 Å². The lowest BCUT2D eigenvalue weighted by Gasteiger charge is -2.31. The Hall–Kier alpha value is -2.34. The molecule has 0 atom stereocenters. The first-order valence-corrected chi connectivity index (χ1v) is 8.44. The minimum absolute atomic E-state index is 0.208. The summed E-state index contributed by atoms with van der Waals surface area (Å²) in [6.07, 6.45) is 0.404. The molecule has 3 rings (SSSR count). The maximum atomic E-state index is 12.8. The van der Waals surface area contributed by atoms with Gasteiger partial charge in [-0.2, -0.15) is 4.98 Å². The van der Waals surface area contributed by atoms with E-state index in [0.29, 0.717) is 21.3 Å². The van der Waals surface area contributed by atoms with Crippen LogP contribution in [0.5, 0.6) is 0 Å². The normalized spacial score (nSPS) is 16.7. The summed E-state index contributed by atoms with van der Waals surface area (Å²) in [6, 6.07) is 0. The maximum absolute atomic E-state index is 12.8. The number of ether oxygens (including phenoxy) is 1. The van der Waals surface area contributed by atoms with Crippen molar-refractivity contribution in [1.82, 2.24) is 15.0 Å². The van der Waals surface area contributed by atoms with Crippen LogP contribution in [-0.2, 0) is 4.74 Å².